The van der Waals surface area contributed by atoms with Crippen molar-refractivity contribution in [2.75, 3.05) is 26.8 Å². The Morgan fingerprint density at radius 1 is 1.37 bits per heavy atom. The molecule has 10 heteroatoms. The first-order chi connectivity index (χ1) is 12.5. The number of halogens is 2. The van der Waals surface area contributed by atoms with Crippen molar-refractivity contribution in [1.29, 1.82) is 0 Å². The summed E-state index contributed by atoms with van der Waals surface area (Å²) < 4.78 is 12.6. The molecule has 0 saturated carbocycles. The molecule has 8 nitrogen and oxygen atoms in total. The molecule has 3 rings (SSSR count). The third kappa shape index (κ3) is 4.84. The molecule has 1 aromatic heterocycles. The number of amides is 1. The normalized spacial score (nSPS) is 14.8. The summed E-state index contributed by atoms with van der Waals surface area (Å²) in [5.74, 6) is 0.709. The van der Waals surface area contributed by atoms with Crippen molar-refractivity contribution in [3.63, 3.8) is 0 Å². The van der Waals surface area contributed by atoms with Gasteiger partial charge in [-0.15, -0.1) is 12.4 Å². The summed E-state index contributed by atoms with van der Waals surface area (Å²) >= 11 is 6.19. The molecule has 1 aromatic carbocycles. The molecule has 0 aliphatic carbocycles. The van der Waals surface area contributed by atoms with Crippen molar-refractivity contribution < 1.29 is 19.4 Å². The van der Waals surface area contributed by atoms with Crippen LogP contribution in [0.25, 0.3) is 0 Å². The predicted octanol–water partition coefficient (Wildman–Crippen LogP) is 1.38. The van der Waals surface area contributed by atoms with Crippen molar-refractivity contribution in [2.24, 2.45) is 7.05 Å². The third-order valence-electron chi connectivity index (χ3n) is 4.08. The Morgan fingerprint density at radius 2 is 2.11 bits per heavy atom. The van der Waals surface area contributed by atoms with Crippen LogP contribution in [0.4, 0.5) is 0 Å². The first kappa shape index (κ1) is 21.3. The van der Waals surface area contributed by atoms with E-state index >= 15 is 0 Å². The lowest BCUT2D eigenvalue weighted by Gasteiger charge is -2.22. The van der Waals surface area contributed by atoms with Crippen molar-refractivity contribution in [2.45, 2.75) is 12.1 Å². The number of aromatic nitrogens is 2. The minimum Gasteiger partial charge on any atom is -0.486 e. The van der Waals surface area contributed by atoms with Gasteiger partial charge in [0.25, 0.3) is 0 Å². The van der Waals surface area contributed by atoms with Gasteiger partial charge in [0.1, 0.15) is 19.3 Å². The van der Waals surface area contributed by atoms with Gasteiger partial charge < -0.3 is 25.2 Å². The number of likely N-dealkylation sites (N-methyl/N-ethyl adjacent to an activating group) is 1. The van der Waals surface area contributed by atoms with Crippen molar-refractivity contribution in [3.05, 3.63) is 40.7 Å². The number of rotatable bonds is 6. The van der Waals surface area contributed by atoms with E-state index in [1.165, 1.54) is 0 Å². The van der Waals surface area contributed by atoms with Gasteiger partial charge in [0.15, 0.2) is 11.5 Å². The van der Waals surface area contributed by atoms with E-state index in [1.54, 1.807) is 43.3 Å². The lowest BCUT2D eigenvalue weighted by molar-refractivity contribution is -0.123. The summed E-state index contributed by atoms with van der Waals surface area (Å²) in [6, 6.07) is 2.73. The lowest BCUT2D eigenvalue weighted by Crippen LogP contribution is -2.37. The van der Waals surface area contributed by atoms with E-state index in [2.05, 4.69) is 15.7 Å². The Kier molecular flexibility index (Phi) is 7.32. The van der Waals surface area contributed by atoms with E-state index in [1.807, 2.05) is 0 Å². The van der Waals surface area contributed by atoms with Gasteiger partial charge >= 0.3 is 0 Å². The zero-order valence-electron chi connectivity index (χ0n) is 14.9. The maximum absolute atomic E-state index is 12.4. The second-order valence-corrected chi connectivity index (χ2v) is 6.36. The fraction of sp³-hybridized carbons (Fsp3) is 0.412. The van der Waals surface area contributed by atoms with Crippen molar-refractivity contribution in [1.82, 2.24) is 20.4 Å². The Balaban J connectivity index is 0.00000261. The van der Waals surface area contributed by atoms with Crippen LogP contribution in [0.5, 0.6) is 11.5 Å². The quantitative estimate of drug-likeness (QED) is 0.657. The predicted molar refractivity (Wildman–Crippen MR) is 103 cm³/mol. The summed E-state index contributed by atoms with van der Waals surface area (Å²) in [6.45, 7) is 0.895. The molecule has 0 bridgehead atoms. The topological polar surface area (TPSA) is 97.6 Å². The van der Waals surface area contributed by atoms with E-state index in [-0.39, 0.29) is 24.9 Å². The minimum absolute atomic E-state index is 0. The average Bonchev–Trinajstić information content (AvgIpc) is 3.06. The molecule has 2 atom stereocenters. The van der Waals surface area contributed by atoms with E-state index in [4.69, 9.17) is 21.1 Å². The fourth-order valence-corrected chi connectivity index (χ4v) is 3.05. The monoisotopic (exact) mass is 416 g/mol. The number of nitrogens with one attached hydrogen (secondary N) is 2. The second-order valence-electron chi connectivity index (χ2n) is 5.96. The summed E-state index contributed by atoms with van der Waals surface area (Å²) in [6.07, 6.45) is 2.45. The van der Waals surface area contributed by atoms with E-state index in [0.29, 0.717) is 35.3 Å². The number of nitrogens with zero attached hydrogens (tertiary/aromatic N) is 2. The van der Waals surface area contributed by atoms with Crippen LogP contribution < -0.4 is 20.1 Å². The van der Waals surface area contributed by atoms with Gasteiger partial charge in [-0.25, -0.2) is 0 Å². The molecule has 0 fully saturated rings. The van der Waals surface area contributed by atoms with Gasteiger partial charge in [-0.2, -0.15) is 5.10 Å². The second kappa shape index (κ2) is 9.27. The number of fused-ring (bicyclic) bond motifs is 1. The van der Waals surface area contributed by atoms with Crippen LogP contribution >= 0.6 is 24.0 Å². The summed E-state index contributed by atoms with van der Waals surface area (Å²) in [5.41, 5.74) is 1.28. The van der Waals surface area contributed by atoms with Gasteiger partial charge in [0, 0.05) is 25.4 Å². The molecule has 2 heterocycles. The largest absolute Gasteiger partial charge is 0.486 e. The van der Waals surface area contributed by atoms with Gasteiger partial charge in [-0.1, -0.05) is 11.6 Å². The number of aryl methyl sites for hydroxylation is 1. The zero-order valence-corrected chi connectivity index (χ0v) is 16.5. The van der Waals surface area contributed by atoms with E-state index in [9.17, 15) is 9.90 Å². The minimum atomic E-state index is -0.932. The van der Waals surface area contributed by atoms with E-state index < -0.39 is 12.1 Å². The van der Waals surface area contributed by atoms with Crippen molar-refractivity contribution in [3.8, 4) is 11.5 Å². The van der Waals surface area contributed by atoms with Crippen molar-refractivity contribution >= 4 is 29.9 Å². The van der Waals surface area contributed by atoms with Gasteiger partial charge in [0.05, 0.1) is 17.3 Å². The Labute approximate surface area is 168 Å². The number of ether oxygens (including phenoxy) is 2. The number of hydrogen-bond acceptors (Lipinski definition) is 6. The maximum Gasteiger partial charge on any atom is 0.241 e. The van der Waals surface area contributed by atoms with Crippen LogP contribution in [0, 0.1) is 0 Å². The molecule has 148 valence electrons. The molecular weight excluding hydrogens is 395 g/mol. The fourth-order valence-electron chi connectivity index (χ4n) is 2.78. The highest BCUT2D eigenvalue weighted by atomic mass is 35.5. The molecule has 0 saturated heterocycles. The lowest BCUT2D eigenvalue weighted by atomic mass is 10.1. The number of carbonyl (C=O) groups is 1. The highest BCUT2D eigenvalue weighted by molar-refractivity contribution is 6.32. The first-order valence-corrected chi connectivity index (χ1v) is 8.58. The van der Waals surface area contributed by atoms with E-state index in [0.717, 1.165) is 5.56 Å². The van der Waals surface area contributed by atoms with Crippen LogP contribution in [0.3, 0.4) is 0 Å². The van der Waals surface area contributed by atoms with Gasteiger partial charge in [0.2, 0.25) is 5.91 Å². The molecule has 2 unspecified atom stereocenters. The highest BCUT2D eigenvalue weighted by Gasteiger charge is 2.23. The summed E-state index contributed by atoms with van der Waals surface area (Å²) in [4.78, 5) is 12.4. The van der Waals surface area contributed by atoms with Crippen LogP contribution in [-0.4, -0.2) is 47.6 Å². The van der Waals surface area contributed by atoms with Crippen LogP contribution in [0.15, 0.2) is 24.5 Å². The van der Waals surface area contributed by atoms with Gasteiger partial charge in [-0.3, -0.25) is 9.48 Å². The molecule has 1 aliphatic heterocycles. The van der Waals surface area contributed by atoms with Crippen LogP contribution in [0.1, 0.15) is 23.3 Å². The first-order valence-electron chi connectivity index (χ1n) is 8.20. The number of carbonyl (C=O) groups excluding carboxylic acids is 1. The number of aliphatic hydroxyl groups is 1. The Bertz CT molecular complexity index is 799. The zero-order chi connectivity index (χ0) is 18.7. The Hall–Kier alpha value is -2.00. The molecule has 1 amide bonds. The number of hydrogen-bond donors (Lipinski definition) is 3. The summed E-state index contributed by atoms with van der Waals surface area (Å²) in [7, 11) is 3.47. The maximum atomic E-state index is 12.4. The van der Waals surface area contributed by atoms with Crippen LogP contribution in [-0.2, 0) is 11.8 Å². The third-order valence-corrected chi connectivity index (χ3v) is 4.36. The molecule has 0 radical (unpaired) electrons. The average molecular weight is 417 g/mol. The summed E-state index contributed by atoms with van der Waals surface area (Å²) in [5, 5.41) is 20.5. The molecule has 0 spiro atoms. The SMILES string of the molecule is CNC(C(=O)NCC(O)c1cc(Cl)c2c(c1)OCCO2)c1cnn(C)c1.Cl. The smallest absolute Gasteiger partial charge is 0.241 e. The Morgan fingerprint density at radius 3 is 2.78 bits per heavy atom. The molecule has 3 N–H and O–H groups in total. The molecular formula is C17H22Cl2N4O4. The standard InChI is InChI=1S/C17H21ClN4O4.ClH/c1-19-15(11-7-21-22(2)9-11)17(24)20-8-13(23)10-5-12(18)16-14(6-10)25-3-4-26-16;/h5-7,9,13,15,19,23H,3-4,8H2,1-2H3,(H,20,24);1H. The molecule has 2 aromatic rings. The van der Waals surface area contributed by atoms with Crippen LogP contribution in [0.2, 0.25) is 5.02 Å². The molecule has 1 aliphatic rings. The molecule has 27 heavy (non-hydrogen) atoms. The highest BCUT2D eigenvalue weighted by Crippen LogP contribution is 2.39. The number of aliphatic hydroxyl groups excluding tert-OH is 1. The number of benzene rings is 1. The van der Waals surface area contributed by atoms with Gasteiger partial charge in [-0.05, 0) is 24.7 Å².